The van der Waals surface area contributed by atoms with Gasteiger partial charge in [0, 0.05) is 19.6 Å². The summed E-state index contributed by atoms with van der Waals surface area (Å²) in [5.74, 6) is 0.0212. The van der Waals surface area contributed by atoms with Gasteiger partial charge in [-0.25, -0.2) is 0 Å². The van der Waals surface area contributed by atoms with Gasteiger partial charge in [0.15, 0.2) is 0 Å². The molecule has 16 heavy (non-hydrogen) atoms. The largest absolute Gasteiger partial charge is 0.363 e. The predicted molar refractivity (Wildman–Crippen MR) is 62.2 cm³/mol. The van der Waals surface area contributed by atoms with Gasteiger partial charge in [0.1, 0.15) is 6.61 Å². The van der Waals surface area contributed by atoms with Crippen molar-refractivity contribution in [2.24, 2.45) is 5.41 Å². The maximum Gasteiger partial charge on any atom is 0.246 e. The number of ether oxygens (including phenoxy) is 1. The quantitative estimate of drug-likeness (QED) is 0.700. The third-order valence-electron chi connectivity index (χ3n) is 3.92. The van der Waals surface area contributed by atoms with Crippen LogP contribution >= 0.6 is 0 Å². The van der Waals surface area contributed by atoms with Crippen LogP contribution in [-0.4, -0.2) is 37.7 Å². The number of hydrogen-bond acceptors (Lipinski definition) is 3. The van der Waals surface area contributed by atoms with E-state index in [4.69, 9.17) is 4.74 Å². The van der Waals surface area contributed by atoms with Gasteiger partial charge in [-0.05, 0) is 31.6 Å². The standard InChI is InChI=1S/C12H22N2O2/c1-3-12(4-5-12)9-14-10(15)6-16-11(2)7-13-8-11/h13H,3-9H2,1-2H3,(H,14,15). The zero-order valence-corrected chi connectivity index (χ0v) is 10.3. The molecule has 1 aliphatic heterocycles. The lowest BCUT2D eigenvalue weighted by atomic mass is 10.0. The Hall–Kier alpha value is -0.610. The summed E-state index contributed by atoms with van der Waals surface area (Å²) in [4.78, 5) is 11.6. The molecule has 1 aliphatic carbocycles. The number of hydrogen-bond donors (Lipinski definition) is 2. The molecule has 0 spiro atoms. The molecule has 92 valence electrons. The number of rotatable bonds is 6. The number of carbonyl (C=O) groups is 1. The summed E-state index contributed by atoms with van der Waals surface area (Å²) in [7, 11) is 0. The van der Waals surface area contributed by atoms with Crippen molar-refractivity contribution in [2.75, 3.05) is 26.2 Å². The lowest BCUT2D eigenvalue weighted by Crippen LogP contribution is -2.59. The minimum Gasteiger partial charge on any atom is -0.363 e. The molecule has 0 aromatic carbocycles. The normalized spacial score (nSPS) is 24.6. The van der Waals surface area contributed by atoms with Gasteiger partial charge in [-0.15, -0.1) is 0 Å². The maximum absolute atomic E-state index is 11.6. The molecule has 1 saturated heterocycles. The van der Waals surface area contributed by atoms with Gasteiger partial charge in [0.25, 0.3) is 0 Å². The second kappa shape index (κ2) is 4.34. The summed E-state index contributed by atoms with van der Waals surface area (Å²) in [5, 5.41) is 6.12. The molecule has 0 bridgehead atoms. The first-order valence-electron chi connectivity index (χ1n) is 6.19. The first kappa shape index (κ1) is 11.9. The van der Waals surface area contributed by atoms with Crippen molar-refractivity contribution in [2.45, 2.75) is 38.7 Å². The monoisotopic (exact) mass is 226 g/mol. The highest BCUT2D eigenvalue weighted by molar-refractivity contribution is 5.77. The molecule has 2 N–H and O–H groups in total. The topological polar surface area (TPSA) is 50.4 Å². The van der Waals surface area contributed by atoms with Crippen molar-refractivity contribution < 1.29 is 9.53 Å². The highest BCUT2D eigenvalue weighted by atomic mass is 16.5. The third-order valence-corrected chi connectivity index (χ3v) is 3.92. The van der Waals surface area contributed by atoms with Crippen LogP contribution in [0, 0.1) is 5.41 Å². The van der Waals surface area contributed by atoms with Gasteiger partial charge in [0.2, 0.25) is 5.91 Å². The van der Waals surface area contributed by atoms with E-state index in [2.05, 4.69) is 17.6 Å². The minimum absolute atomic E-state index is 0.0212. The van der Waals surface area contributed by atoms with E-state index in [0.29, 0.717) is 5.41 Å². The molecule has 0 radical (unpaired) electrons. The van der Waals surface area contributed by atoms with Crippen LogP contribution in [0.3, 0.4) is 0 Å². The van der Waals surface area contributed by atoms with Crippen molar-refractivity contribution in [3.8, 4) is 0 Å². The fraction of sp³-hybridized carbons (Fsp3) is 0.917. The summed E-state index contributed by atoms with van der Waals surface area (Å²) < 4.78 is 5.57. The van der Waals surface area contributed by atoms with E-state index in [9.17, 15) is 4.79 Å². The average Bonchev–Trinajstić information content (AvgIpc) is 3.01. The average molecular weight is 226 g/mol. The Kier molecular flexibility index (Phi) is 3.22. The van der Waals surface area contributed by atoms with Crippen LogP contribution in [0.1, 0.15) is 33.1 Å². The second-order valence-corrected chi connectivity index (χ2v) is 5.47. The van der Waals surface area contributed by atoms with Gasteiger partial charge >= 0.3 is 0 Å². The lowest BCUT2D eigenvalue weighted by Gasteiger charge is -2.38. The van der Waals surface area contributed by atoms with Crippen molar-refractivity contribution in [1.82, 2.24) is 10.6 Å². The number of carbonyl (C=O) groups excluding carboxylic acids is 1. The smallest absolute Gasteiger partial charge is 0.246 e. The van der Waals surface area contributed by atoms with Crippen LogP contribution in [-0.2, 0) is 9.53 Å². The van der Waals surface area contributed by atoms with E-state index in [-0.39, 0.29) is 18.1 Å². The SMILES string of the molecule is CCC1(CNC(=O)COC2(C)CNC2)CC1. The van der Waals surface area contributed by atoms with E-state index >= 15 is 0 Å². The molecule has 4 nitrogen and oxygen atoms in total. The maximum atomic E-state index is 11.6. The third kappa shape index (κ3) is 2.74. The highest BCUT2D eigenvalue weighted by Crippen LogP contribution is 2.47. The van der Waals surface area contributed by atoms with Crippen LogP contribution in [0.25, 0.3) is 0 Å². The Bertz CT molecular complexity index is 259. The van der Waals surface area contributed by atoms with Crippen LogP contribution in [0.2, 0.25) is 0 Å². The van der Waals surface area contributed by atoms with Gasteiger partial charge in [-0.3, -0.25) is 4.79 Å². The second-order valence-electron chi connectivity index (χ2n) is 5.47. The summed E-state index contributed by atoms with van der Waals surface area (Å²) >= 11 is 0. The van der Waals surface area contributed by atoms with E-state index < -0.39 is 0 Å². The molecule has 0 aromatic heterocycles. The van der Waals surface area contributed by atoms with E-state index in [1.165, 1.54) is 12.8 Å². The van der Waals surface area contributed by atoms with E-state index in [0.717, 1.165) is 26.1 Å². The van der Waals surface area contributed by atoms with E-state index in [1.54, 1.807) is 0 Å². The first-order chi connectivity index (χ1) is 7.58. The Balaban J connectivity index is 1.61. The van der Waals surface area contributed by atoms with Crippen molar-refractivity contribution in [3.63, 3.8) is 0 Å². The van der Waals surface area contributed by atoms with Gasteiger partial charge in [-0.1, -0.05) is 6.92 Å². The molecular formula is C12H22N2O2. The van der Waals surface area contributed by atoms with Crippen molar-refractivity contribution in [1.29, 1.82) is 0 Å². The summed E-state index contributed by atoms with van der Waals surface area (Å²) in [6.07, 6.45) is 3.67. The minimum atomic E-state index is -0.126. The molecule has 2 aliphatic rings. The van der Waals surface area contributed by atoms with Crippen LogP contribution in [0.15, 0.2) is 0 Å². The predicted octanol–water partition coefficient (Wildman–Crippen LogP) is 0.671. The van der Waals surface area contributed by atoms with Gasteiger partial charge in [0.05, 0.1) is 5.60 Å². The molecule has 4 heteroatoms. The molecule has 1 saturated carbocycles. The number of amides is 1. The fourth-order valence-electron chi connectivity index (χ4n) is 1.99. The Morgan fingerprint density at radius 1 is 1.44 bits per heavy atom. The Morgan fingerprint density at radius 3 is 2.56 bits per heavy atom. The number of nitrogens with one attached hydrogen (secondary N) is 2. The first-order valence-corrected chi connectivity index (χ1v) is 6.19. The van der Waals surface area contributed by atoms with E-state index in [1.807, 2.05) is 6.92 Å². The summed E-state index contributed by atoms with van der Waals surface area (Å²) in [6.45, 7) is 6.93. The Morgan fingerprint density at radius 2 is 2.12 bits per heavy atom. The molecule has 1 heterocycles. The fourth-order valence-corrected chi connectivity index (χ4v) is 1.99. The highest BCUT2D eigenvalue weighted by Gasteiger charge is 2.40. The summed E-state index contributed by atoms with van der Waals surface area (Å²) in [6, 6.07) is 0. The van der Waals surface area contributed by atoms with Crippen LogP contribution in [0.5, 0.6) is 0 Å². The molecule has 2 fully saturated rings. The van der Waals surface area contributed by atoms with Gasteiger partial charge < -0.3 is 15.4 Å². The van der Waals surface area contributed by atoms with Crippen LogP contribution < -0.4 is 10.6 Å². The molecule has 0 atom stereocenters. The lowest BCUT2D eigenvalue weighted by molar-refractivity contribution is -0.136. The zero-order valence-electron chi connectivity index (χ0n) is 10.3. The van der Waals surface area contributed by atoms with Crippen LogP contribution in [0.4, 0.5) is 0 Å². The molecule has 2 rings (SSSR count). The molecule has 1 amide bonds. The molecule has 0 unspecified atom stereocenters. The van der Waals surface area contributed by atoms with Crippen molar-refractivity contribution in [3.05, 3.63) is 0 Å². The summed E-state index contributed by atoms with van der Waals surface area (Å²) in [5.41, 5.74) is 0.289. The molecule has 0 aromatic rings. The Labute approximate surface area is 97.1 Å². The molecular weight excluding hydrogens is 204 g/mol. The van der Waals surface area contributed by atoms with Gasteiger partial charge in [-0.2, -0.15) is 0 Å². The zero-order chi connectivity index (χ0) is 11.6. The van der Waals surface area contributed by atoms with Crippen molar-refractivity contribution >= 4 is 5.91 Å².